The molecule has 0 aliphatic carbocycles. The van der Waals surface area contributed by atoms with Gasteiger partial charge in [-0.2, -0.15) is 0 Å². The fourth-order valence-corrected chi connectivity index (χ4v) is 2.75. The van der Waals surface area contributed by atoms with E-state index in [1.807, 2.05) is 0 Å². The van der Waals surface area contributed by atoms with E-state index in [1.165, 1.54) is 0 Å². The van der Waals surface area contributed by atoms with Gasteiger partial charge in [0.15, 0.2) is 0 Å². The molecule has 0 unspecified atom stereocenters. The van der Waals surface area contributed by atoms with Crippen LogP contribution in [-0.4, -0.2) is 51.7 Å². The van der Waals surface area contributed by atoms with Gasteiger partial charge in [-0.3, -0.25) is 9.52 Å². The maximum atomic E-state index is 12.5. The van der Waals surface area contributed by atoms with E-state index in [4.69, 9.17) is 0 Å². The molecule has 0 saturated carbocycles. The zero-order chi connectivity index (χ0) is 14.6. The van der Waals surface area contributed by atoms with Crippen LogP contribution >= 0.6 is 12.4 Å². The first-order valence-corrected chi connectivity index (χ1v) is 8.43. The number of para-hydroxylation sites is 1. The number of carbonyl (C=O) groups excluding carboxylic acids is 1. The van der Waals surface area contributed by atoms with Crippen molar-refractivity contribution in [2.75, 3.05) is 37.2 Å². The lowest BCUT2D eigenvalue weighted by Gasteiger charge is -2.21. The predicted octanol–water partition coefficient (Wildman–Crippen LogP) is 0.915. The number of sulfonamides is 1. The minimum atomic E-state index is -3.40. The lowest BCUT2D eigenvalue weighted by molar-refractivity contribution is 0.0767. The summed E-state index contributed by atoms with van der Waals surface area (Å²) in [7, 11) is -3.40. The van der Waals surface area contributed by atoms with Crippen molar-refractivity contribution >= 4 is 34.0 Å². The summed E-state index contributed by atoms with van der Waals surface area (Å²) in [5.41, 5.74) is 0.719. The van der Waals surface area contributed by atoms with Crippen molar-refractivity contribution < 1.29 is 13.2 Å². The van der Waals surface area contributed by atoms with Gasteiger partial charge in [0, 0.05) is 19.6 Å². The normalized spacial score (nSPS) is 15.8. The first-order chi connectivity index (χ1) is 9.47. The molecule has 6 nitrogen and oxygen atoms in total. The van der Waals surface area contributed by atoms with Crippen LogP contribution in [0.25, 0.3) is 0 Å². The Hall–Kier alpha value is -1.31. The second-order valence-corrected chi connectivity index (χ2v) is 6.56. The smallest absolute Gasteiger partial charge is 0.256 e. The molecule has 1 aliphatic rings. The molecule has 1 heterocycles. The summed E-state index contributed by atoms with van der Waals surface area (Å²) in [6.07, 6.45) is 1.97. The Kier molecular flexibility index (Phi) is 6.44. The Morgan fingerprint density at radius 3 is 2.67 bits per heavy atom. The quantitative estimate of drug-likeness (QED) is 0.862. The van der Waals surface area contributed by atoms with Crippen molar-refractivity contribution in [3.05, 3.63) is 29.8 Å². The molecule has 2 rings (SSSR count). The van der Waals surface area contributed by atoms with Crippen LogP contribution in [0.1, 0.15) is 16.8 Å². The molecule has 0 bridgehead atoms. The summed E-state index contributed by atoms with van der Waals surface area (Å²) in [6, 6.07) is 6.68. The third kappa shape index (κ3) is 5.18. The average Bonchev–Trinajstić information content (AvgIpc) is 2.65. The first-order valence-electron chi connectivity index (χ1n) is 6.54. The van der Waals surface area contributed by atoms with Crippen LogP contribution in [0.4, 0.5) is 5.69 Å². The number of benzene rings is 1. The van der Waals surface area contributed by atoms with Gasteiger partial charge in [-0.05, 0) is 25.1 Å². The van der Waals surface area contributed by atoms with E-state index in [1.54, 1.807) is 29.2 Å². The molecule has 0 aromatic heterocycles. The molecule has 0 radical (unpaired) electrons. The summed E-state index contributed by atoms with van der Waals surface area (Å²) in [4.78, 5) is 14.3. The Morgan fingerprint density at radius 1 is 1.24 bits per heavy atom. The van der Waals surface area contributed by atoms with E-state index in [0.717, 1.165) is 25.8 Å². The number of hydrogen-bond acceptors (Lipinski definition) is 4. The summed E-state index contributed by atoms with van der Waals surface area (Å²) in [6.45, 7) is 2.96. The highest BCUT2D eigenvalue weighted by Crippen LogP contribution is 2.18. The topological polar surface area (TPSA) is 78.5 Å². The maximum Gasteiger partial charge on any atom is 0.256 e. The lowest BCUT2D eigenvalue weighted by atomic mass is 10.1. The van der Waals surface area contributed by atoms with E-state index >= 15 is 0 Å². The van der Waals surface area contributed by atoms with Crippen molar-refractivity contribution in [2.45, 2.75) is 6.42 Å². The van der Waals surface area contributed by atoms with Gasteiger partial charge in [-0.1, -0.05) is 12.1 Å². The van der Waals surface area contributed by atoms with Crippen LogP contribution in [0.5, 0.6) is 0 Å². The fourth-order valence-electron chi connectivity index (χ4n) is 2.18. The summed E-state index contributed by atoms with van der Waals surface area (Å²) in [5, 5.41) is 3.23. The lowest BCUT2D eigenvalue weighted by Crippen LogP contribution is -2.34. The van der Waals surface area contributed by atoms with Crippen molar-refractivity contribution in [1.82, 2.24) is 10.2 Å². The second-order valence-electron chi connectivity index (χ2n) is 4.82. The first kappa shape index (κ1) is 17.7. The summed E-state index contributed by atoms with van der Waals surface area (Å²) < 4.78 is 25.1. The zero-order valence-electron chi connectivity index (χ0n) is 11.8. The van der Waals surface area contributed by atoms with Crippen LogP contribution in [0.3, 0.4) is 0 Å². The van der Waals surface area contributed by atoms with Gasteiger partial charge >= 0.3 is 0 Å². The van der Waals surface area contributed by atoms with Crippen LogP contribution in [0, 0.1) is 0 Å². The Morgan fingerprint density at radius 2 is 1.95 bits per heavy atom. The van der Waals surface area contributed by atoms with Gasteiger partial charge in [0.25, 0.3) is 5.91 Å². The third-order valence-electron chi connectivity index (χ3n) is 3.08. The molecule has 1 aromatic carbocycles. The highest BCUT2D eigenvalue weighted by atomic mass is 35.5. The minimum Gasteiger partial charge on any atom is -0.337 e. The number of amides is 1. The van der Waals surface area contributed by atoms with E-state index in [0.29, 0.717) is 24.3 Å². The van der Waals surface area contributed by atoms with Gasteiger partial charge in [0.1, 0.15) is 0 Å². The number of anilines is 1. The third-order valence-corrected chi connectivity index (χ3v) is 3.67. The highest BCUT2D eigenvalue weighted by Gasteiger charge is 2.20. The number of carbonyl (C=O) groups is 1. The molecule has 1 fully saturated rings. The fraction of sp³-hybridized carbons (Fsp3) is 0.462. The van der Waals surface area contributed by atoms with E-state index < -0.39 is 10.0 Å². The molecule has 2 N–H and O–H groups in total. The van der Waals surface area contributed by atoms with E-state index in [9.17, 15) is 13.2 Å². The van der Waals surface area contributed by atoms with Crippen molar-refractivity contribution in [2.24, 2.45) is 0 Å². The van der Waals surface area contributed by atoms with Crippen molar-refractivity contribution in [1.29, 1.82) is 0 Å². The zero-order valence-corrected chi connectivity index (χ0v) is 13.5. The molecule has 8 heteroatoms. The molecule has 118 valence electrons. The van der Waals surface area contributed by atoms with Crippen LogP contribution in [0.15, 0.2) is 24.3 Å². The van der Waals surface area contributed by atoms with Crippen LogP contribution < -0.4 is 10.0 Å². The maximum absolute atomic E-state index is 12.5. The monoisotopic (exact) mass is 333 g/mol. The molecular formula is C13H20ClN3O3S. The summed E-state index contributed by atoms with van der Waals surface area (Å²) >= 11 is 0. The van der Waals surface area contributed by atoms with Crippen molar-refractivity contribution in [3.8, 4) is 0 Å². The number of halogens is 1. The Bertz CT molecular complexity index is 584. The second kappa shape index (κ2) is 7.63. The number of nitrogens with zero attached hydrogens (tertiary/aromatic N) is 1. The number of rotatable bonds is 3. The van der Waals surface area contributed by atoms with E-state index in [2.05, 4.69) is 10.0 Å². The van der Waals surface area contributed by atoms with Crippen LogP contribution in [-0.2, 0) is 10.0 Å². The predicted molar refractivity (Wildman–Crippen MR) is 85.5 cm³/mol. The molecule has 1 saturated heterocycles. The van der Waals surface area contributed by atoms with E-state index in [-0.39, 0.29) is 18.3 Å². The van der Waals surface area contributed by atoms with Gasteiger partial charge < -0.3 is 10.2 Å². The molecule has 1 amide bonds. The van der Waals surface area contributed by atoms with Gasteiger partial charge in [-0.15, -0.1) is 12.4 Å². The number of nitrogens with one attached hydrogen (secondary N) is 2. The Balaban J connectivity index is 0.00000220. The largest absolute Gasteiger partial charge is 0.337 e. The van der Waals surface area contributed by atoms with Gasteiger partial charge in [0.2, 0.25) is 10.0 Å². The minimum absolute atomic E-state index is 0. The molecular weight excluding hydrogens is 314 g/mol. The standard InChI is InChI=1S/C13H19N3O3S.ClH/c1-20(18,19)15-12-6-3-2-5-11(12)13(17)16-9-4-7-14-8-10-16;/h2-3,5-6,14-15H,4,7-10H2,1H3;1H. The molecule has 0 atom stereocenters. The van der Waals surface area contributed by atoms with Gasteiger partial charge in [0.05, 0.1) is 17.5 Å². The molecule has 0 spiro atoms. The Labute approximate surface area is 131 Å². The van der Waals surface area contributed by atoms with Gasteiger partial charge in [-0.25, -0.2) is 8.42 Å². The molecule has 21 heavy (non-hydrogen) atoms. The molecule has 1 aliphatic heterocycles. The molecule has 1 aromatic rings. The summed E-state index contributed by atoms with van der Waals surface area (Å²) in [5.74, 6) is -0.138. The van der Waals surface area contributed by atoms with Crippen molar-refractivity contribution in [3.63, 3.8) is 0 Å². The number of hydrogen-bond donors (Lipinski definition) is 2. The average molecular weight is 334 g/mol. The highest BCUT2D eigenvalue weighted by molar-refractivity contribution is 7.92. The van der Waals surface area contributed by atoms with Crippen LogP contribution in [0.2, 0.25) is 0 Å². The SMILES string of the molecule is CS(=O)(=O)Nc1ccccc1C(=O)N1CCCNCC1.Cl.